The van der Waals surface area contributed by atoms with Gasteiger partial charge < -0.3 is 19.6 Å². The van der Waals surface area contributed by atoms with Crippen LogP contribution in [0.3, 0.4) is 0 Å². The third-order valence-corrected chi connectivity index (χ3v) is 6.22. The Balaban J connectivity index is 2.13. The van der Waals surface area contributed by atoms with Gasteiger partial charge in [-0.25, -0.2) is 0 Å². The molecule has 0 bridgehead atoms. The highest BCUT2D eigenvalue weighted by Crippen LogP contribution is 2.40. The van der Waals surface area contributed by atoms with E-state index < -0.39 is 17.7 Å². The van der Waals surface area contributed by atoms with Crippen LogP contribution in [0, 0.1) is 0 Å². The van der Waals surface area contributed by atoms with Gasteiger partial charge in [-0.05, 0) is 55.8 Å². The van der Waals surface area contributed by atoms with E-state index in [1.165, 1.54) is 4.90 Å². The van der Waals surface area contributed by atoms with Crippen LogP contribution in [0.1, 0.15) is 50.4 Å². The molecule has 0 radical (unpaired) electrons. The topological polar surface area (TPSA) is 70.1 Å². The van der Waals surface area contributed by atoms with Gasteiger partial charge in [-0.2, -0.15) is 0 Å². The molecule has 1 fully saturated rings. The van der Waals surface area contributed by atoms with Crippen molar-refractivity contribution in [3.8, 4) is 5.75 Å². The summed E-state index contributed by atoms with van der Waals surface area (Å²) in [6, 6.07) is 12.0. The zero-order valence-electron chi connectivity index (χ0n) is 20.7. The Morgan fingerprint density at radius 2 is 1.76 bits per heavy atom. The first-order valence-corrected chi connectivity index (χ1v) is 11.8. The summed E-state index contributed by atoms with van der Waals surface area (Å²) in [6.07, 6.45) is 0. The van der Waals surface area contributed by atoms with Crippen LogP contribution >= 0.6 is 11.6 Å². The Morgan fingerprint density at radius 3 is 2.29 bits per heavy atom. The molecular weight excluding hydrogens is 452 g/mol. The molecule has 7 heteroatoms. The van der Waals surface area contributed by atoms with Crippen LogP contribution in [0.25, 0.3) is 5.76 Å². The molecule has 1 heterocycles. The molecule has 2 aromatic rings. The molecule has 1 N–H and O–H groups in total. The summed E-state index contributed by atoms with van der Waals surface area (Å²) in [6.45, 7) is 9.61. The van der Waals surface area contributed by atoms with Gasteiger partial charge in [0, 0.05) is 18.7 Å². The van der Waals surface area contributed by atoms with Crippen LogP contribution < -0.4 is 4.74 Å². The molecule has 0 unspecified atom stereocenters. The third kappa shape index (κ3) is 5.29. The number of Topliss-reactive ketones (excluding diaryl/α,β-unsaturated/α-hetero) is 1. The molecular formula is C27H33ClN2O4. The summed E-state index contributed by atoms with van der Waals surface area (Å²) in [5.74, 6) is -1.08. The number of carbonyl (C=O) groups excluding carboxylic acids is 2. The number of halogens is 1. The largest absolute Gasteiger partial charge is 0.507 e. The number of likely N-dealkylation sites (N-methyl/N-ethyl adjacent to an activating group) is 1. The minimum absolute atomic E-state index is 0.0374. The second-order valence-electron chi connectivity index (χ2n) is 9.75. The Bertz CT molecular complexity index is 1100. The van der Waals surface area contributed by atoms with Crippen molar-refractivity contribution in [2.24, 2.45) is 0 Å². The van der Waals surface area contributed by atoms with Gasteiger partial charge in [0.15, 0.2) is 0 Å². The van der Waals surface area contributed by atoms with Gasteiger partial charge in [-0.15, -0.1) is 0 Å². The van der Waals surface area contributed by atoms with Crippen molar-refractivity contribution in [3.05, 3.63) is 69.8 Å². The van der Waals surface area contributed by atoms with Gasteiger partial charge in [0.05, 0.1) is 23.2 Å². The number of likely N-dealkylation sites (tertiary alicyclic amines) is 1. The van der Waals surface area contributed by atoms with Crippen LogP contribution in [-0.2, 0) is 15.0 Å². The normalized spacial score (nSPS) is 18.1. The lowest BCUT2D eigenvalue weighted by Crippen LogP contribution is -2.35. The molecule has 2 aromatic carbocycles. The van der Waals surface area contributed by atoms with E-state index in [4.69, 9.17) is 16.3 Å². The number of amides is 1. The summed E-state index contributed by atoms with van der Waals surface area (Å²) in [4.78, 5) is 29.7. The molecule has 0 spiro atoms. The number of carbonyl (C=O) groups is 2. The highest BCUT2D eigenvalue weighted by Gasteiger charge is 2.46. The Morgan fingerprint density at radius 1 is 1.12 bits per heavy atom. The lowest BCUT2D eigenvalue weighted by Gasteiger charge is -2.27. The summed E-state index contributed by atoms with van der Waals surface area (Å²) >= 11 is 6.32. The van der Waals surface area contributed by atoms with Crippen LogP contribution in [-0.4, -0.2) is 60.4 Å². The minimum Gasteiger partial charge on any atom is -0.507 e. The fraction of sp³-hybridized carbons (Fsp3) is 0.407. The number of aliphatic hydroxyl groups excluding tert-OH is 1. The van der Waals surface area contributed by atoms with E-state index >= 15 is 0 Å². The predicted molar refractivity (Wildman–Crippen MR) is 135 cm³/mol. The second-order valence-corrected chi connectivity index (χ2v) is 10.2. The smallest absolute Gasteiger partial charge is 0.295 e. The minimum atomic E-state index is -0.703. The number of hydrogen-bond donors (Lipinski definition) is 1. The van der Waals surface area contributed by atoms with Crippen molar-refractivity contribution in [3.63, 3.8) is 0 Å². The van der Waals surface area contributed by atoms with Crippen molar-refractivity contribution >= 4 is 29.1 Å². The highest BCUT2D eigenvalue weighted by molar-refractivity contribution is 6.46. The molecule has 0 aliphatic carbocycles. The Kier molecular flexibility index (Phi) is 7.74. The standard InChI is InChI=1S/C27H33ClN2O4/c1-7-34-21-13-10-18(16-20(21)28)24(31)22-23(17-8-11-19(12-9-17)27(2,3)4)30(15-14-29(5)6)26(33)25(22)32/h8-13,16,23,31H,7,14-15H2,1-6H3/t23-/m0/s1. The number of benzene rings is 2. The number of ketones is 1. The lowest BCUT2D eigenvalue weighted by molar-refractivity contribution is -0.140. The molecule has 182 valence electrons. The van der Waals surface area contributed by atoms with Gasteiger partial charge in [-0.1, -0.05) is 56.6 Å². The number of nitrogens with zero attached hydrogens (tertiary/aromatic N) is 2. The molecule has 1 aliphatic rings. The zero-order valence-corrected chi connectivity index (χ0v) is 21.4. The van der Waals surface area contributed by atoms with E-state index in [0.717, 1.165) is 11.1 Å². The first-order valence-electron chi connectivity index (χ1n) is 11.4. The van der Waals surface area contributed by atoms with Crippen molar-refractivity contribution in [2.45, 2.75) is 39.2 Å². The number of rotatable bonds is 7. The van der Waals surface area contributed by atoms with Gasteiger partial charge in [0.1, 0.15) is 11.5 Å². The summed E-state index contributed by atoms with van der Waals surface area (Å²) in [5.41, 5.74) is 2.29. The maximum absolute atomic E-state index is 13.2. The summed E-state index contributed by atoms with van der Waals surface area (Å²) < 4.78 is 5.47. The molecule has 3 rings (SSSR count). The van der Waals surface area contributed by atoms with Crippen molar-refractivity contribution in [1.29, 1.82) is 0 Å². The quantitative estimate of drug-likeness (QED) is 0.339. The Hall–Kier alpha value is -2.83. The van der Waals surface area contributed by atoms with E-state index in [9.17, 15) is 14.7 Å². The van der Waals surface area contributed by atoms with Gasteiger partial charge in [0.2, 0.25) is 0 Å². The van der Waals surface area contributed by atoms with Gasteiger partial charge in [-0.3, -0.25) is 9.59 Å². The molecule has 0 saturated carbocycles. The second kappa shape index (κ2) is 10.2. The van der Waals surface area contributed by atoms with E-state index in [-0.39, 0.29) is 16.7 Å². The molecule has 1 saturated heterocycles. The van der Waals surface area contributed by atoms with Gasteiger partial charge in [0.25, 0.3) is 11.7 Å². The molecule has 0 aromatic heterocycles. The number of aliphatic hydroxyl groups is 1. The van der Waals surface area contributed by atoms with Crippen molar-refractivity contribution < 1.29 is 19.4 Å². The maximum Gasteiger partial charge on any atom is 0.295 e. The summed E-state index contributed by atoms with van der Waals surface area (Å²) in [5, 5.41) is 11.6. The van der Waals surface area contributed by atoms with Crippen LogP contribution in [0.4, 0.5) is 0 Å². The van der Waals surface area contributed by atoms with E-state index in [0.29, 0.717) is 36.0 Å². The SMILES string of the molecule is CCOc1ccc(C(O)=C2C(=O)C(=O)N(CCN(C)C)[C@H]2c2ccc(C(C)(C)C)cc2)cc1Cl. The van der Waals surface area contributed by atoms with Crippen LogP contribution in [0.15, 0.2) is 48.0 Å². The molecule has 1 amide bonds. The average Bonchev–Trinajstić information content (AvgIpc) is 3.03. The van der Waals surface area contributed by atoms with Crippen LogP contribution in [0.5, 0.6) is 5.75 Å². The average molecular weight is 485 g/mol. The maximum atomic E-state index is 13.2. The Labute approximate surface area is 206 Å². The monoisotopic (exact) mass is 484 g/mol. The molecule has 6 nitrogen and oxygen atoms in total. The summed E-state index contributed by atoms with van der Waals surface area (Å²) in [7, 11) is 3.82. The van der Waals surface area contributed by atoms with E-state index in [1.54, 1.807) is 18.2 Å². The van der Waals surface area contributed by atoms with E-state index in [2.05, 4.69) is 20.8 Å². The van der Waals surface area contributed by atoms with Crippen LogP contribution in [0.2, 0.25) is 5.02 Å². The fourth-order valence-corrected chi connectivity index (χ4v) is 4.24. The predicted octanol–water partition coefficient (Wildman–Crippen LogP) is 5.02. The van der Waals surface area contributed by atoms with E-state index in [1.807, 2.05) is 50.2 Å². The number of hydrogen-bond acceptors (Lipinski definition) is 5. The molecule has 1 aliphatic heterocycles. The molecule has 1 atom stereocenters. The zero-order chi connectivity index (χ0) is 25.2. The lowest BCUT2D eigenvalue weighted by atomic mass is 9.85. The van der Waals surface area contributed by atoms with Crippen molar-refractivity contribution in [1.82, 2.24) is 9.80 Å². The highest BCUT2D eigenvalue weighted by atomic mass is 35.5. The third-order valence-electron chi connectivity index (χ3n) is 5.93. The number of ether oxygens (including phenoxy) is 1. The fourth-order valence-electron chi connectivity index (χ4n) is 4.01. The van der Waals surface area contributed by atoms with Crippen molar-refractivity contribution in [2.75, 3.05) is 33.8 Å². The first kappa shape index (κ1) is 25.8. The first-order chi connectivity index (χ1) is 16.0. The molecule has 34 heavy (non-hydrogen) atoms. The van der Waals surface area contributed by atoms with Gasteiger partial charge >= 0.3 is 0 Å².